The van der Waals surface area contributed by atoms with Gasteiger partial charge in [0.15, 0.2) is 0 Å². The van der Waals surface area contributed by atoms with Crippen molar-refractivity contribution in [2.24, 2.45) is 12.0 Å². The molecule has 0 radical (unpaired) electrons. The van der Waals surface area contributed by atoms with Crippen LogP contribution < -0.4 is 10.6 Å². The molecule has 1 aromatic carbocycles. The van der Waals surface area contributed by atoms with Crippen LogP contribution in [-0.2, 0) is 18.3 Å². The smallest absolute Gasteiger partial charge is 0.254 e. The summed E-state index contributed by atoms with van der Waals surface area (Å²) in [4.78, 5) is 28.2. The van der Waals surface area contributed by atoms with E-state index in [4.69, 9.17) is 4.74 Å². The van der Waals surface area contributed by atoms with Gasteiger partial charge in [0.05, 0.1) is 29.2 Å². The number of carbonyl (C=O) groups is 1. The number of benzene rings is 1. The lowest BCUT2D eigenvalue weighted by molar-refractivity contribution is -0.121. The number of nitrogens with zero attached hydrogens (tertiary/aromatic N) is 5. The van der Waals surface area contributed by atoms with E-state index >= 15 is 0 Å². The Hall–Kier alpha value is -4.02. The summed E-state index contributed by atoms with van der Waals surface area (Å²) in [6.45, 7) is 11.5. The van der Waals surface area contributed by atoms with E-state index in [9.17, 15) is 9.90 Å². The summed E-state index contributed by atoms with van der Waals surface area (Å²) >= 11 is 0. The van der Waals surface area contributed by atoms with Gasteiger partial charge < -0.3 is 29.9 Å². The number of hydrogen-bond acceptors (Lipinski definition) is 8. The van der Waals surface area contributed by atoms with E-state index in [1.165, 1.54) is 0 Å². The minimum absolute atomic E-state index is 0.149. The molecule has 10 nitrogen and oxygen atoms in total. The molecule has 2 aliphatic rings. The standard InChI is InChI=1S/C28H33N7O3/c1-17(35-12-13-38-22(15-35)28(2,3)37)6-9-23(29-4)33-21-8-7-18(20-14-30-27(36)24(20)21)25-19-10-11-34(5)26(19)32-16-31-25/h6-11,16,22,33,37H,4,12-15H2,1-3,5H3,(H,30,36)/b17-6+,23-9+/t22-/m1/s1. The first-order chi connectivity index (χ1) is 18.2. The topological polar surface area (TPSA) is 117 Å². The van der Waals surface area contributed by atoms with Gasteiger partial charge in [0.2, 0.25) is 0 Å². The van der Waals surface area contributed by atoms with Crippen molar-refractivity contribution in [3.63, 3.8) is 0 Å². The summed E-state index contributed by atoms with van der Waals surface area (Å²) in [6, 6.07) is 5.84. The van der Waals surface area contributed by atoms with Gasteiger partial charge in [0.25, 0.3) is 5.91 Å². The molecule has 2 aromatic heterocycles. The minimum atomic E-state index is -0.921. The van der Waals surface area contributed by atoms with Crippen LogP contribution in [0.15, 0.2) is 59.4 Å². The van der Waals surface area contributed by atoms with E-state index in [-0.39, 0.29) is 12.0 Å². The molecule has 1 saturated heterocycles. The Kier molecular flexibility index (Phi) is 6.77. The van der Waals surface area contributed by atoms with Gasteiger partial charge >= 0.3 is 0 Å². The van der Waals surface area contributed by atoms with Crippen molar-refractivity contribution in [3.8, 4) is 11.3 Å². The molecule has 5 rings (SSSR count). The van der Waals surface area contributed by atoms with Crippen molar-refractivity contribution in [1.29, 1.82) is 0 Å². The fourth-order valence-electron chi connectivity index (χ4n) is 4.94. The summed E-state index contributed by atoms with van der Waals surface area (Å²) in [5.74, 6) is 0.364. The highest BCUT2D eigenvalue weighted by atomic mass is 16.5. The SMILES string of the molecule is C=N/C(=C\C=C(/C)N1CCO[C@@H](C(C)(C)O)C1)Nc1ccc(-c2ncnc3c2ccn3C)c2c1C(=O)NC2. The summed E-state index contributed by atoms with van der Waals surface area (Å²) in [6.07, 6.45) is 7.01. The van der Waals surface area contributed by atoms with Crippen LogP contribution in [0.2, 0.25) is 0 Å². The van der Waals surface area contributed by atoms with Gasteiger partial charge in [-0.3, -0.25) is 4.79 Å². The maximum Gasteiger partial charge on any atom is 0.254 e. The summed E-state index contributed by atoms with van der Waals surface area (Å²) in [5.41, 5.74) is 4.71. The Bertz CT molecular complexity index is 1470. The lowest BCUT2D eigenvalue weighted by Crippen LogP contribution is -2.51. The highest BCUT2D eigenvalue weighted by Gasteiger charge is 2.32. The first-order valence-corrected chi connectivity index (χ1v) is 12.6. The normalized spacial score (nSPS) is 18.5. The number of aryl methyl sites for hydroxylation is 1. The number of allylic oxidation sites excluding steroid dienone is 3. The molecular formula is C28H33N7O3. The first kappa shape index (κ1) is 25.6. The molecule has 1 atom stereocenters. The van der Waals surface area contributed by atoms with Crippen molar-refractivity contribution < 1.29 is 14.6 Å². The number of amides is 1. The molecule has 2 aliphatic heterocycles. The lowest BCUT2D eigenvalue weighted by Gasteiger charge is -2.40. The van der Waals surface area contributed by atoms with Gasteiger partial charge in [-0.05, 0) is 57.3 Å². The number of nitrogens with one attached hydrogen (secondary N) is 2. The van der Waals surface area contributed by atoms with Crippen molar-refractivity contribution in [2.75, 3.05) is 25.0 Å². The Morgan fingerprint density at radius 1 is 1.32 bits per heavy atom. The van der Waals surface area contributed by atoms with Gasteiger partial charge in [-0.2, -0.15) is 0 Å². The third kappa shape index (κ3) is 4.80. The Morgan fingerprint density at radius 3 is 2.89 bits per heavy atom. The molecular weight excluding hydrogens is 482 g/mol. The van der Waals surface area contributed by atoms with Crippen LogP contribution in [0, 0.1) is 0 Å². The van der Waals surface area contributed by atoms with E-state index in [1.54, 1.807) is 20.2 Å². The van der Waals surface area contributed by atoms with Crippen LogP contribution in [0.25, 0.3) is 22.3 Å². The number of hydrogen-bond donors (Lipinski definition) is 3. The van der Waals surface area contributed by atoms with Gasteiger partial charge in [-0.1, -0.05) is 6.07 Å². The van der Waals surface area contributed by atoms with Gasteiger partial charge in [0, 0.05) is 49.5 Å². The van der Waals surface area contributed by atoms with E-state index in [0.717, 1.165) is 40.1 Å². The predicted octanol–water partition coefficient (Wildman–Crippen LogP) is 3.21. The molecule has 198 valence electrons. The number of fused-ring (bicyclic) bond motifs is 2. The van der Waals surface area contributed by atoms with Crippen LogP contribution in [0.3, 0.4) is 0 Å². The van der Waals surface area contributed by atoms with Crippen LogP contribution in [0.5, 0.6) is 0 Å². The first-order valence-electron chi connectivity index (χ1n) is 12.6. The zero-order valence-electron chi connectivity index (χ0n) is 22.2. The van der Waals surface area contributed by atoms with Crippen LogP contribution >= 0.6 is 0 Å². The number of aliphatic imine (C=N–C) groups is 1. The average molecular weight is 516 g/mol. The molecule has 1 amide bonds. The highest BCUT2D eigenvalue weighted by molar-refractivity contribution is 6.07. The van der Waals surface area contributed by atoms with Crippen LogP contribution in [0.4, 0.5) is 5.69 Å². The number of anilines is 1. The molecule has 0 bridgehead atoms. The summed E-state index contributed by atoms with van der Waals surface area (Å²) in [7, 11) is 1.94. The Morgan fingerprint density at radius 2 is 2.13 bits per heavy atom. The number of aliphatic hydroxyl groups is 1. The highest BCUT2D eigenvalue weighted by Crippen LogP contribution is 2.36. The molecule has 1 fully saturated rings. The molecule has 38 heavy (non-hydrogen) atoms. The quantitative estimate of drug-likeness (QED) is 0.327. The Balaban J connectivity index is 1.43. The van der Waals surface area contributed by atoms with E-state index in [1.807, 2.05) is 55.1 Å². The van der Waals surface area contributed by atoms with Gasteiger partial charge in [0.1, 0.15) is 23.9 Å². The second kappa shape index (κ2) is 10.0. The molecule has 10 heteroatoms. The number of aromatic nitrogens is 3. The Labute approximate surface area is 221 Å². The fourth-order valence-corrected chi connectivity index (χ4v) is 4.94. The molecule has 3 aromatic rings. The maximum atomic E-state index is 12.9. The summed E-state index contributed by atoms with van der Waals surface area (Å²) < 4.78 is 7.69. The third-order valence-electron chi connectivity index (χ3n) is 7.15. The largest absolute Gasteiger partial charge is 0.388 e. The van der Waals surface area contributed by atoms with Crippen molar-refractivity contribution in [3.05, 3.63) is 65.5 Å². The average Bonchev–Trinajstić information content (AvgIpc) is 3.49. The van der Waals surface area contributed by atoms with Crippen molar-refractivity contribution in [2.45, 2.75) is 39.0 Å². The van der Waals surface area contributed by atoms with Crippen molar-refractivity contribution in [1.82, 2.24) is 24.8 Å². The van der Waals surface area contributed by atoms with Gasteiger partial charge in [-0.15, -0.1) is 0 Å². The molecule has 3 N–H and O–H groups in total. The molecule has 0 spiro atoms. The number of rotatable bonds is 7. The number of morpholine rings is 1. The van der Waals surface area contributed by atoms with E-state index in [0.29, 0.717) is 36.8 Å². The lowest BCUT2D eigenvalue weighted by atomic mass is 9.97. The molecule has 0 saturated carbocycles. The summed E-state index contributed by atoms with van der Waals surface area (Å²) in [5, 5.41) is 17.5. The number of carbonyl (C=O) groups excluding carboxylic acids is 1. The van der Waals surface area contributed by atoms with Crippen LogP contribution in [0.1, 0.15) is 36.7 Å². The second-order valence-corrected chi connectivity index (χ2v) is 10.2. The monoisotopic (exact) mass is 515 g/mol. The minimum Gasteiger partial charge on any atom is -0.388 e. The third-order valence-corrected chi connectivity index (χ3v) is 7.15. The zero-order chi connectivity index (χ0) is 27.0. The van der Waals surface area contributed by atoms with Crippen LogP contribution in [-0.4, -0.2) is 68.6 Å². The number of ether oxygens (including phenoxy) is 1. The van der Waals surface area contributed by atoms with Crippen molar-refractivity contribution >= 4 is 29.3 Å². The fraction of sp³-hybridized carbons (Fsp3) is 0.357. The maximum absolute atomic E-state index is 12.9. The predicted molar refractivity (Wildman–Crippen MR) is 148 cm³/mol. The molecule has 0 unspecified atom stereocenters. The van der Waals surface area contributed by atoms with E-state index in [2.05, 4.69) is 37.2 Å². The molecule has 4 heterocycles. The zero-order valence-corrected chi connectivity index (χ0v) is 22.2. The molecule has 0 aliphatic carbocycles. The second-order valence-electron chi connectivity index (χ2n) is 10.2. The van der Waals surface area contributed by atoms with E-state index < -0.39 is 5.60 Å². The van der Waals surface area contributed by atoms with Gasteiger partial charge in [-0.25, -0.2) is 15.0 Å².